The van der Waals surface area contributed by atoms with Crippen molar-refractivity contribution in [1.29, 1.82) is 0 Å². The Hall–Kier alpha value is -8.58. The smallest absolute Gasteiger partial charge is 0.415 e. The number of phenols is 2. The first-order valence-electron chi connectivity index (χ1n) is 25.1. The van der Waals surface area contributed by atoms with E-state index in [0.29, 0.717) is 95.4 Å². The monoisotopic (exact) mass is 1020 g/mol. The van der Waals surface area contributed by atoms with Crippen molar-refractivity contribution >= 4 is 34.8 Å². The van der Waals surface area contributed by atoms with Crippen molar-refractivity contribution in [2.24, 2.45) is 0 Å². The standard InChI is InChI=1S/C56H56N8O11/c1-7-37-39-24-36(18-19-44(39)58-48-41(37)28-63-45(48)26-43-42(53(63)69)29-73-54(70)56(43,72)8-2)75-55(71)61(6)32-20-22-62(23-21-32)52(68)31-10-14-34(15-11-31)74-35-16-12-33(13-17-35)64-49(59-60-50(64)51(67)57-9-3)40-25-38(30(4)5)46(65)27-47(40)66/h10-19,24-27,30,32,65-66,72H,7-9,20-23,28-29H2,1-6H3,(H,57,67). The van der Waals surface area contributed by atoms with Crippen molar-refractivity contribution in [3.63, 3.8) is 0 Å². The molecule has 0 spiro atoms. The Balaban J connectivity index is 0.769. The second-order valence-corrected chi connectivity index (χ2v) is 19.3. The fraction of sp³-hybridized carbons (Fsp3) is 0.321. The first-order valence-corrected chi connectivity index (χ1v) is 25.1. The molecule has 1 atom stereocenters. The summed E-state index contributed by atoms with van der Waals surface area (Å²) in [5.41, 5.74) is 3.67. The number of likely N-dealkylation sites (tertiary alicyclic amines) is 1. The molecule has 0 bridgehead atoms. The highest BCUT2D eigenvalue weighted by Crippen LogP contribution is 2.42. The molecule has 75 heavy (non-hydrogen) atoms. The van der Waals surface area contributed by atoms with Gasteiger partial charge in [-0.05, 0) is 129 Å². The number of cyclic esters (lactones) is 1. The maximum absolute atomic E-state index is 13.8. The van der Waals surface area contributed by atoms with Gasteiger partial charge in [-0.25, -0.2) is 14.6 Å². The van der Waals surface area contributed by atoms with Crippen LogP contribution in [0.5, 0.6) is 28.7 Å². The average Bonchev–Trinajstić information content (AvgIpc) is 4.04. The van der Waals surface area contributed by atoms with Crippen LogP contribution in [-0.2, 0) is 34.7 Å². The number of piperidine rings is 1. The molecule has 3 aromatic heterocycles. The molecule has 1 saturated heterocycles. The third kappa shape index (κ3) is 8.85. The number of aromatic hydroxyl groups is 2. The van der Waals surface area contributed by atoms with Crippen molar-refractivity contribution in [2.45, 2.75) is 91.0 Å². The number of ether oxygens (including phenoxy) is 3. The van der Waals surface area contributed by atoms with Crippen LogP contribution >= 0.6 is 0 Å². The predicted molar refractivity (Wildman–Crippen MR) is 275 cm³/mol. The summed E-state index contributed by atoms with van der Waals surface area (Å²) in [4.78, 5) is 75.1. The van der Waals surface area contributed by atoms with E-state index in [1.807, 2.05) is 20.8 Å². The third-order valence-electron chi connectivity index (χ3n) is 14.6. The van der Waals surface area contributed by atoms with E-state index in [0.717, 1.165) is 16.5 Å². The number of esters is 1. The predicted octanol–water partition coefficient (Wildman–Crippen LogP) is 7.70. The number of rotatable bonds is 12. The zero-order chi connectivity index (χ0) is 53.0. The van der Waals surface area contributed by atoms with E-state index in [1.165, 1.54) is 10.6 Å². The van der Waals surface area contributed by atoms with E-state index >= 15 is 0 Å². The number of aliphatic hydroxyl groups is 1. The van der Waals surface area contributed by atoms with E-state index in [-0.39, 0.29) is 77.3 Å². The molecule has 19 nitrogen and oxygen atoms in total. The lowest BCUT2D eigenvalue weighted by molar-refractivity contribution is -0.172. The van der Waals surface area contributed by atoms with Crippen molar-refractivity contribution in [3.05, 3.63) is 134 Å². The molecular weight excluding hydrogens is 961 g/mol. The maximum Gasteiger partial charge on any atom is 0.415 e. The van der Waals surface area contributed by atoms with Crippen molar-refractivity contribution in [1.82, 2.24) is 39.4 Å². The molecule has 386 valence electrons. The van der Waals surface area contributed by atoms with Crippen LogP contribution in [-0.4, -0.2) is 106 Å². The SMILES string of the molecule is CCNC(=O)c1nnc(-c2cc(C(C)C)c(O)cc2O)n1-c1ccc(Oc2ccc(C(=O)N3CCC(N(C)C(=O)Oc4ccc5nc6c(c(CC)c5c4)Cn4c-6cc5c(c4=O)COC(=O)C5(O)CC)CC3)cc2)cc1. The van der Waals surface area contributed by atoms with E-state index in [9.17, 15) is 39.3 Å². The zero-order valence-corrected chi connectivity index (χ0v) is 42.3. The Kier molecular flexibility index (Phi) is 13.1. The minimum Gasteiger partial charge on any atom is -0.508 e. The van der Waals surface area contributed by atoms with Gasteiger partial charge in [0.05, 0.1) is 34.6 Å². The van der Waals surface area contributed by atoms with Gasteiger partial charge in [0.15, 0.2) is 11.4 Å². The van der Waals surface area contributed by atoms with Crippen LogP contribution in [0.25, 0.3) is 39.4 Å². The molecule has 1 unspecified atom stereocenters. The molecule has 3 aliphatic rings. The van der Waals surface area contributed by atoms with Gasteiger partial charge in [0.1, 0.15) is 35.4 Å². The first kappa shape index (κ1) is 50.0. The summed E-state index contributed by atoms with van der Waals surface area (Å²) in [6, 6.07) is 23.4. The number of nitrogens with one attached hydrogen (secondary N) is 1. The van der Waals surface area contributed by atoms with Gasteiger partial charge in [0.2, 0.25) is 5.82 Å². The van der Waals surface area contributed by atoms with Crippen molar-refractivity contribution in [2.75, 3.05) is 26.7 Å². The number of amides is 3. The summed E-state index contributed by atoms with van der Waals surface area (Å²) in [5, 5.41) is 44.6. The van der Waals surface area contributed by atoms with Gasteiger partial charge >= 0.3 is 12.1 Å². The van der Waals surface area contributed by atoms with Gasteiger partial charge in [-0.15, -0.1) is 10.2 Å². The number of phenolic OH excluding ortho intramolecular Hbond substituents is 2. The summed E-state index contributed by atoms with van der Waals surface area (Å²) in [5.74, 6) is -0.224. The second-order valence-electron chi connectivity index (χ2n) is 19.3. The molecule has 19 heteroatoms. The van der Waals surface area contributed by atoms with Crippen LogP contribution in [0, 0.1) is 0 Å². The number of carbonyl (C=O) groups is 4. The lowest BCUT2D eigenvalue weighted by Gasteiger charge is -2.36. The number of benzene rings is 4. The highest BCUT2D eigenvalue weighted by molar-refractivity contribution is 5.95. The number of hydrogen-bond donors (Lipinski definition) is 4. The summed E-state index contributed by atoms with van der Waals surface area (Å²) in [6.07, 6.45) is 1.19. The van der Waals surface area contributed by atoms with Gasteiger partial charge < -0.3 is 49.2 Å². The highest BCUT2D eigenvalue weighted by atomic mass is 16.6. The molecule has 1 fully saturated rings. The summed E-state index contributed by atoms with van der Waals surface area (Å²) >= 11 is 0. The lowest BCUT2D eigenvalue weighted by atomic mass is 9.86. The maximum atomic E-state index is 13.8. The van der Waals surface area contributed by atoms with Crippen LogP contribution in [0.2, 0.25) is 0 Å². The molecule has 4 N–H and O–H groups in total. The van der Waals surface area contributed by atoms with E-state index < -0.39 is 23.6 Å². The topological polar surface area (TPSA) is 241 Å². The van der Waals surface area contributed by atoms with E-state index in [4.69, 9.17) is 19.2 Å². The summed E-state index contributed by atoms with van der Waals surface area (Å²) in [7, 11) is 1.69. The third-order valence-corrected chi connectivity index (χ3v) is 14.6. The van der Waals surface area contributed by atoms with E-state index in [1.54, 1.807) is 114 Å². The molecule has 0 aliphatic carbocycles. The molecular formula is C56H56N8O11. The van der Waals surface area contributed by atoms with Crippen LogP contribution in [0.3, 0.4) is 0 Å². The Morgan fingerprint density at radius 3 is 2.24 bits per heavy atom. The lowest BCUT2D eigenvalue weighted by Crippen LogP contribution is -2.48. The number of aromatic nitrogens is 5. The molecule has 6 heterocycles. The summed E-state index contributed by atoms with van der Waals surface area (Å²) in [6.45, 7) is 10.5. The van der Waals surface area contributed by atoms with Gasteiger partial charge in [-0.3, -0.25) is 19.0 Å². The van der Waals surface area contributed by atoms with Gasteiger partial charge in [-0.1, -0.05) is 27.7 Å². The van der Waals surface area contributed by atoms with Crippen molar-refractivity contribution < 1.29 is 48.7 Å². The normalized spacial score (nSPS) is 16.1. The van der Waals surface area contributed by atoms with Gasteiger partial charge in [-0.2, -0.15) is 0 Å². The Morgan fingerprint density at radius 2 is 1.57 bits per heavy atom. The Bertz CT molecular complexity index is 3510. The van der Waals surface area contributed by atoms with Crippen molar-refractivity contribution in [3.8, 4) is 57.2 Å². The second kappa shape index (κ2) is 19.7. The quantitative estimate of drug-likeness (QED) is 0.0858. The number of carbonyl (C=O) groups excluding carboxylic acids is 4. The molecule has 3 amide bonds. The molecule has 3 aliphatic heterocycles. The molecule has 4 aromatic carbocycles. The average molecular weight is 1020 g/mol. The molecule has 7 aromatic rings. The number of nitrogens with zero attached hydrogens (tertiary/aromatic N) is 7. The summed E-state index contributed by atoms with van der Waals surface area (Å²) < 4.78 is 20.4. The van der Waals surface area contributed by atoms with E-state index in [2.05, 4.69) is 15.5 Å². The molecule has 0 saturated carbocycles. The molecule has 0 radical (unpaired) electrons. The number of fused-ring (bicyclic) bond motifs is 5. The molecule has 10 rings (SSSR count). The zero-order valence-electron chi connectivity index (χ0n) is 42.3. The fourth-order valence-electron chi connectivity index (χ4n) is 10.4. The van der Waals surface area contributed by atoms with Crippen LogP contribution in [0.15, 0.2) is 89.7 Å². The number of hydrogen-bond acceptors (Lipinski definition) is 14. The minimum atomic E-state index is -1.93. The van der Waals surface area contributed by atoms with Gasteiger partial charge in [0, 0.05) is 66.6 Å². The Morgan fingerprint density at radius 1 is 0.880 bits per heavy atom. The number of aryl methyl sites for hydroxylation is 1. The highest BCUT2D eigenvalue weighted by Gasteiger charge is 2.45. The minimum absolute atomic E-state index is 0.00362. The fourth-order valence-corrected chi connectivity index (χ4v) is 10.4. The number of pyridine rings is 2. The van der Waals surface area contributed by atoms with Crippen LogP contribution < -0.4 is 20.3 Å². The van der Waals surface area contributed by atoms with Crippen LogP contribution in [0.1, 0.15) is 109 Å². The van der Waals surface area contributed by atoms with Gasteiger partial charge in [0.25, 0.3) is 17.4 Å². The van der Waals surface area contributed by atoms with Crippen LogP contribution in [0.4, 0.5) is 4.79 Å². The largest absolute Gasteiger partial charge is 0.508 e. The first-order chi connectivity index (χ1) is 36.0. The Labute approximate surface area is 430 Å².